The average molecular weight is 218 g/mol. The van der Waals surface area contributed by atoms with Gasteiger partial charge in [-0.1, -0.05) is 26.0 Å². The molecule has 2 nitrogen and oxygen atoms in total. The van der Waals surface area contributed by atoms with Crippen molar-refractivity contribution in [1.82, 2.24) is 10.3 Å². The van der Waals surface area contributed by atoms with Crippen LogP contribution in [-0.4, -0.2) is 18.1 Å². The van der Waals surface area contributed by atoms with E-state index in [4.69, 9.17) is 0 Å². The first kappa shape index (κ1) is 12.9. The summed E-state index contributed by atoms with van der Waals surface area (Å²) in [4.78, 5) is 4.16. The van der Waals surface area contributed by atoms with E-state index >= 15 is 0 Å². The van der Waals surface area contributed by atoms with E-state index in [2.05, 4.69) is 49.3 Å². The summed E-state index contributed by atoms with van der Waals surface area (Å²) in [5, 5.41) is 3.42. The normalized spacial score (nSPS) is 11.5. The van der Waals surface area contributed by atoms with E-state index < -0.39 is 0 Å². The van der Waals surface area contributed by atoms with Crippen LogP contribution in [0, 0.1) is 12.8 Å². The van der Waals surface area contributed by atoms with Crippen LogP contribution in [0.3, 0.4) is 0 Å². The zero-order chi connectivity index (χ0) is 11.8. The highest BCUT2D eigenvalue weighted by Crippen LogP contribution is 2.03. The lowest BCUT2D eigenvalue weighted by molar-refractivity contribution is 0.557. The summed E-state index contributed by atoms with van der Waals surface area (Å²) >= 11 is 0. The van der Waals surface area contributed by atoms with E-state index in [0.717, 1.165) is 25.4 Å². The first-order chi connectivity index (χ1) is 7.68. The maximum Gasteiger partial charge on any atom is 0.0340 e. The number of nitrogens with one attached hydrogen (secondary N) is 1. The quantitative estimate of drug-likeness (QED) is 0.742. The van der Waals surface area contributed by atoms with Crippen molar-refractivity contribution in [2.24, 2.45) is 5.92 Å². The van der Waals surface area contributed by atoms with Crippen molar-refractivity contribution in [2.45, 2.75) is 27.2 Å². The van der Waals surface area contributed by atoms with Crippen LogP contribution in [0.5, 0.6) is 0 Å². The van der Waals surface area contributed by atoms with Crippen LogP contribution in [0.15, 0.2) is 24.5 Å². The van der Waals surface area contributed by atoms with Crippen LogP contribution in [0.25, 0.3) is 6.08 Å². The van der Waals surface area contributed by atoms with Gasteiger partial charge in [-0.3, -0.25) is 4.98 Å². The minimum Gasteiger partial charge on any atom is -0.316 e. The largest absolute Gasteiger partial charge is 0.316 e. The van der Waals surface area contributed by atoms with Gasteiger partial charge in [0.05, 0.1) is 0 Å². The van der Waals surface area contributed by atoms with Crippen molar-refractivity contribution >= 4 is 6.08 Å². The summed E-state index contributed by atoms with van der Waals surface area (Å²) in [6, 6.07) is 2.14. The van der Waals surface area contributed by atoms with E-state index in [1.165, 1.54) is 11.1 Å². The van der Waals surface area contributed by atoms with E-state index in [-0.39, 0.29) is 0 Å². The molecule has 2 heteroatoms. The lowest BCUT2D eigenvalue weighted by Crippen LogP contribution is -2.20. The minimum atomic E-state index is 0.727. The lowest BCUT2D eigenvalue weighted by atomic mass is 10.2. The van der Waals surface area contributed by atoms with Gasteiger partial charge in [0.25, 0.3) is 0 Å². The Morgan fingerprint density at radius 1 is 1.38 bits per heavy atom. The highest BCUT2D eigenvalue weighted by atomic mass is 14.8. The van der Waals surface area contributed by atoms with E-state index in [1.54, 1.807) is 0 Å². The van der Waals surface area contributed by atoms with Gasteiger partial charge in [0.15, 0.2) is 0 Å². The molecule has 0 aliphatic heterocycles. The lowest BCUT2D eigenvalue weighted by Gasteiger charge is -2.04. The summed E-state index contributed by atoms with van der Waals surface area (Å²) in [5.74, 6) is 0.727. The molecule has 0 aliphatic rings. The van der Waals surface area contributed by atoms with E-state index in [0.29, 0.717) is 0 Å². The number of aryl methyl sites for hydroxylation is 1. The Hall–Kier alpha value is -1.15. The van der Waals surface area contributed by atoms with Crippen LogP contribution in [0.1, 0.15) is 31.4 Å². The Morgan fingerprint density at radius 3 is 2.88 bits per heavy atom. The van der Waals surface area contributed by atoms with Crippen LogP contribution >= 0.6 is 0 Å². The Morgan fingerprint density at radius 2 is 2.19 bits per heavy atom. The van der Waals surface area contributed by atoms with Gasteiger partial charge < -0.3 is 5.32 Å². The molecule has 1 aromatic rings. The molecule has 1 aromatic heterocycles. The molecule has 0 saturated carbocycles. The second kappa shape index (κ2) is 7.18. The van der Waals surface area contributed by atoms with Crippen molar-refractivity contribution in [2.75, 3.05) is 13.1 Å². The Balaban J connectivity index is 2.22. The first-order valence-corrected chi connectivity index (χ1v) is 5.97. The molecule has 1 N–H and O–H groups in total. The van der Waals surface area contributed by atoms with Gasteiger partial charge in [0, 0.05) is 12.4 Å². The van der Waals surface area contributed by atoms with Crippen molar-refractivity contribution in [3.05, 3.63) is 35.7 Å². The van der Waals surface area contributed by atoms with Gasteiger partial charge in [-0.15, -0.1) is 0 Å². The van der Waals surface area contributed by atoms with Gasteiger partial charge in [0.1, 0.15) is 0 Å². The molecule has 0 aliphatic carbocycles. The van der Waals surface area contributed by atoms with Gasteiger partial charge in [-0.05, 0) is 49.5 Å². The van der Waals surface area contributed by atoms with Crippen LogP contribution in [0.2, 0.25) is 0 Å². The Bertz CT molecular complexity index is 329. The van der Waals surface area contributed by atoms with Crippen molar-refractivity contribution in [3.63, 3.8) is 0 Å². The van der Waals surface area contributed by atoms with Gasteiger partial charge in [-0.25, -0.2) is 0 Å². The Labute approximate surface area is 98.8 Å². The first-order valence-electron chi connectivity index (χ1n) is 5.97. The fraction of sp³-hybridized carbons (Fsp3) is 0.500. The zero-order valence-electron chi connectivity index (χ0n) is 10.5. The highest BCUT2D eigenvalue weighted by molar-refractivity contribution is 5.48. The summed E-state index contributed by atoms with van der Waals surface area (Å²) < 4.78 is 0. The molecule has 0 saturated heterocycles. The molecule has 1 heterocycles. The van der Waals surface area contributed by atoms with E-state index in [9.17, 15) is 0 Å². The average Bonchev–Trinajstić information content (AvgIpc) is 2.23. The molecule has 0 atom stereocenters. The summed E-state index contributed by atoms with van der Waals surface area (Å²) in [6.45, 7) is 8.66. The number of pyridine rings is 1. The van der Waals surface area contributed by atoms with Crippen LogP contribution < -0.4 is 5.32 Å². The standard InChI is InChI=1S/C14H22N2/c1-12(2)9-15-7-5-4-6-14-8-13(3)10-16-11-14/h4,6,8,10-12,15H,5,7,9H2,1-3H3/b6-4+. The molecule has 0 spiro atoms. The molecule has 88 valence electrons. The third-order valence-electron chi connectivity index (χ3n) is 2.25. The third kappa shape index (κ3) is 5.66. The molecule has 0 radical (unpaired) electrons. The smallest absolute Gasteiger partial charge is 0.0340 e. The molecular formula is C14H22N2. The van der Waals surface area contributed by atoms with Crippen molar-refractivity contribution in [1.29, 1.82) is 0 Å². The van der Waals surface area contributed by atoms with Crippen molar-refractivity contribution < 1.29 is 0 Å². The molecule has 0 fully saturated rings. The molecule has 0 amide bonds. The number of aromatic nitrogens is 1. The zero-order valence-corrected chi connectivity index (χ0v) is 10.5. The van der Waals surface area contributed by atoms with Crippen LogP contribution in [-0.2, 0) is 0 Å². The monoisotopic (exact) mass is 218 g/mol. The summed E-state index contributed by atoms with van der Waals surface area (Å²) in [5.41, 5.74) is 2.39. The fourth-order valence-electron chi connectivity index (χ4n) is 1.47. The van der Waals surface area contributed by atoms with Gasteiger partial charge in [-0.2, -0.15) is 0 Å². The summed E-state index contributed by atoms with van der Waals surface area (Å²) in [6.07, 6.45) is 9.17. The molecule has 0 unspecified atom stereocenters. The number of hydrogen-bond donors (Lipinski definition) is 1. The van der Waals surface area contributed by atoms with Crippen LogP contribution in [0.4, 0.5) is 0 Å². The highest BCUT2D eigenvalue weighted by Gasteiger charge is 1.91. The predicted octanol–water partition coefficient (Wildman–Crippen LogP) is 3.04. The maximum absolute atomic E-state index is 4.16. The molecule has 0 bridgehead atoms. The third-order valence-corrected chi connectivity index (χ3v) is 2.25. The summed E-state index contributed by atoms with van der Waals surface area (Å²) in [7, 11) is 0. The molecule has 16 heavy (non-hydrogen) atoms. The number of rotatable bonds is 6. The second-order valence-corrected chi connectivity index (χ2v) is 4.58. The SMILES string of the molecule is Cc1cncc(/C=C/CCNCC(C)C)c1. The molecular weight excluding hydrogens is 196 g/mol. The molecule has 1 rings (SSSR count). The minimum absolute atomic E-state index is 0.727. The maximum atomic E-state index is 4.16. The predicted molar refractivity (Wildman–Crippen MR) is 70.3 cm³/mol. The number of hydrogen-bond acceptors (Lipinski definition) is 2. The van der Waals surface area contributed by atoms with Gasteiger partial charge in [0.2, 0.25) is 0 Å². The molecule has 0 aromatic carbocycles. The van der Waals surface area contributed by atoms with E-state index in [1.807, 2.05) is 12.4 Å². The van der Waals surface area contributed by atoms with Gasteiger partial charge >= 0.3 is 0 Å². The second-order valence-electron chi connectivity index (χ2n) is 4.58. The Kier molecular flexibility index (Phi) is 5.79. The number of nitrogens with zero attached hydrogens (tertiary/aromatic N) is 1. The topological polar surface area (TPSA) is 24.9 Å². The van der Waals surface area contributed by atoms with Crippen molar-refractivity contribution in [3.8, 4) is 0 Å². The fourth-order valence-corrected chi connectivity index (χ4v) is 1.47.